The Hall–Kier alpha value is -3.04. The van der Waals surface area contributed by atoms with E-state index < -0.39 is 28.4 Å². The molecule has 2 aromatic rings. The van der Waals surface area contributed by atoms with Gasteiger partial charge in [0.1, 0.15) is 11.6 Å². The van der Waals surface area contributed by atoms with Gasteiger partial charge in [0, 0.05) is 34.1 Å². The van der Waals surface area contributed by atoms with E-state index in [2.05, 4.69) is 0 Å². The minimum Gasteiger partial charge on any atom is -0.385 e. The summed E-state index contributed by atoms with van der Waals surface area (Å²) in [6, 6.07) is 0. The largest absolute Gasteiger partial charge is 0.385 e. The molecular weight excluding hydrogens is 316 g/mol. The Kier molecular flexibility index (Phi) is 4.00. The van der Waals surface area contributed by atoms with Crippen molar-refractivity contribution in [3.8, 4) is 0 Å². The highest BCUT2D eigenvalue weighted by molar-refractivity contribution is 5.51. The number of hydrogen-bond donors (Lipinski definition) is 2. The van der Waals surface area contributed by atoms with E-state index in [1.165, 1.54) is 28.2 Å². The normalized spacial score (nSPS) is 11.2. The number of aromatic nitrogens is 4. The van der Waals surface area contributed by atoms with Crippen molar-refractivity contribution in [3.63, 3.8) is 0 Å². The fraction of sp³-hybridized carbons (Fsp3) is 0.429. The molecule has 130 valence electrons. The van der Waals surface area contributed by atoms with Crippen molar-refractivity contribution >= 4 is 11.6 Å². The maximum atomic E-state index is 12.5. The smallest absolute Gasteiger partial charge is 0.332 e. The van der Waals surface area contributed by atoms with Crippen LogP contribution in [0, 0.1) is 0 Å². The number of hydrogen-bond acceptors (Lipinski definition) is 6. The first-order chi connectivity index (χ1) is 11.0. The maximum absolute atomic E-state index is 12.5. The van der Waals surface area contributed by atoms with Crippen LogP contribution in [0.3, 0.4) is 0 Å². The van der Waals surface area contributed by atoms with E-state index in [-0.39, 0.29) is 22.8 Å². The summed E-state index contributed by atoms with van der Waals surface area (Å²) in [6.45, 7) is 1.58. The zero-order valence-electron chi connectivity index (χ0n) is 14.2. The molecule has 0 amide bonds. The summed E-state index contributed by atoms with van der Waals surface area (Å²) in [5.41, 5.74) is 9.63. The van der Waals surface area contributed by atoms with Crippen LogP contribution < -0.4 is 34.0 Å². The summed E-state index contributed by atoms with van der Waals surface area (Å²) in [5, 5.41) is 0. The minimum atomic E-state index is -0.805. The molecule has 0 aliphatic rings. The molecule has 0 aliphatic heterocycles. The first kappa shape index (κ1) is 17.3. The monoisotopic (exact) mass is 336 g/mol. The Morgan fingerprint density at radius 2 is 0.958 bits per heavy atom. The number of anilines is 2. The van der Waals surface area contributed by atoms with Gasteiger partial charge in [0.25, 0.3) is 11.1 Å². The van der Waals surface area contributed by atoms with Gasteiger partial charge in [0.05, 0.1) is 11.1 Å². The molecule has 24 heavy (non-hydrogen) atoms. The second kappa shape index (κ2) is 5.55. The van der Waals surface area contributed by atoms with Crippen molar-refractivity contribution < 1.29 is 0 Å². The van der Waals surface area contributed by atoms with E-state index >= 15 is 0 Å². The zero-order valence-corrected chi connectivity index (χ0v) is 14.2. The predicted molar refractivity (Wildman–Crippen MR) is 90.2 cm³/mol. The van der Waals surface area contributed by atoms with Crippen LogP contribution >= 0.6 is 0 Å². The van der Waals surface area contributed by atoms with Crippen LogP contribution in [0.15, 0.2) is 19.2 Å². The highest BCUT2D eigenvalue weighted by atomic mass is 16.2. The third-order valence-electron chi connectivity index (χ3n) is 4.36. The maximum Gasteiger partial charge on any atom is 0.332 e. The van der Waals surface area contributed by atoms with Crippen LogP contribution in [0.2, 0.25) is 0 Å². The van der Waals surface area contributed by atoms with E-state index in [1.54, 1.807) is 6.92 Å². The van der Waals surface area contributed by atoms with Gasteiger partial charge in [-0.2, -0.15) is 0 Å². The Labute approximate surface area is 136 Å². The average Bonchev–Trinajstić information content (AvgIpc) is 2.55. The lowest BCUT2D eigenvalue weighted by atomic mass is 9.95. The average molecular weight is 336 g/mol. The van der Waals surface area contributed by atoms with E-state index in [1.807, 2.05) is 0 Å². The summed E-state index contributed by atoms with van der Waals surface area (Å²) >= 11 is 0. The SMILES string of the molecule is CC(c1c(N)n(C)c(=O)n(C)c1=O)c1c(N)n(C)c(=O)n(C)c1=O. The number of rotatable bonds is 2. The molecule has 4 N–H and O–H groups in total. The molecule has 0 bridgehead atoms. The van der Waals surface area contributed by atoms with Crippen LogP contribution in [-0.2, 0) is 28.2 Å². The molecule has 0 saturated carbocycles. The van der Waals surface area contributed by atoms with Gasteiger partial charge in [-0.05, 0) is 0 Å². The first-order valence-electron chi connectivity index (χ1n) is 7.13. The molecule has 0 saturated heterocycles. The molecule has 0 aromatic carbocycles. The van der Waals surface area contributed by atoms with Crippen LogP contribution in [0.4, 0.5) is 11.6 Å². The lowest BCUT2D eigenvalue weighted by molar-refractivity contribution is 0.647. The Morgan fingerprint density at radius 3 is 1.25 bits per heavy atom. The van der Waals surface area contributed by atoms with E-state index in [0.717, 1.165) is 18.3 Å². The lowest BCUT2D eigenvalue weighted by Gasteiger charge is -2.19. The Morgan fingerprint density at radius 1 is 0.667 bits per heavy atom. The molecule has 2 aromatic heterocycles. The predicted octanol–water partition coefficient (Wildman–Crippen LogP) is -2.20. The summed E-state index contributed by atoms with van der Waals surface area (Å²) in [5.74, 6) is -0.905. The van der Waals surface area contributed by atoms with Gasteiger partial charge < -0.3 is 11.5 Å². The zero-order chi connectivity index (χ0) is 18.5. The van der Waals surface area contributed by atoms with Crippen molar-refractivity contribution in [2.75, 3.05) is 11.5 Å². The number of nitrogens with zero attached hydrogens (tertiary/aromatic N) is 4. The quantitative estimate of drug-likeness (QED) is 0.637. The molecule has 0 radical (unpaired) electrons. The molecule has 10 heteroatoms. The van der Waals surface area contributed by atoms with Crippen molar-refractivity contribution in [2.24, 2.45) is 28.2 Å². The highest BCUT2D eigenvalue weighted by Gasteiger charge is 2.26. The molecule has 0 atom stereocenters. The van der Waals surface area contributed by atoms with Crippen molar-refractivity contribution in [1.29, 1.82) is 0 Å². The highest BCUT2D eigenvalue weighted by Crippen LogP contribution is 2.25. The van der Waals surface area contributed by atoms with E-state index in [9.17, 15) is 19.2 Å². The molecule has 0 spiro atoms. The van der Waals surface area contributed by atoms with Crippen molar-refractivity contribution in [1.82, 2.24) is 18.3 Å². The second-order valence-electron chi connectivity index (χ2n) is 5.73. The summed E-state index contributed by atoms with van der Waals surface area (Å²) in [4.78, 5) is 48.8. The molecule has 2 heterocycles. The Balaban J connectivity index is 2.94. The number of nitrogens with two attached hydrogens (primary N) is 2. The van der Waals surface area contributed by atoms with Gasteiger partial charge in [-0.3, -0.25) is 27.9 Å². The van der Waals surface area contributed by atoms with Gasteiger partial charge in [-0.1, -0.05) is 6.92 Å². The fourth-order valence-corrected chi connectivity index (χ4v) is 2.73. The van der Waals surface area contributed by atoms with Gasteiger partial charge in [-0.15, -0.1) is 0 Å². The molecule has 0 aliphatic carbocycles. The standard InChI is InChI=1S/C14H20N6O4/c1-6(7-9(15)17(2)13(23)19(4)11(7)21)8-10(16)18(3)14(24)20(5)12(8)22/h6H,15-16H2,1-5H3. The van der Waals surface area contributed by atoms with Gasteiger partial charge in [0.15, 0.2) is 0 Å². The lowest BCUT2D eigenvalue weighted by Crippen LogP contribution is -2.44. The van der Waals surface area contributed by atoms with E-state index in [0.29, 0.717) is 0 Å². The van der Waals surface area contributed by atoms with Crippen LogP contribution in [0.25, 0.3) is 0 Å². The van der Waals surface area contributed by atoms with Crippen molar-refractivity contribution in [2.45, 2.75) is 12.8 Å². The van der Waals surface area contributed by atoms with Gasteiger partial charge in [-0.25, -0.2) is 9.59 Å². The van der Waals surface area contributed by atoms with Crippen LogP contribution in [0.1, 0.15) is 24.0 Å². The van der Waals surface area contributed by atoms with Gasteiger partial charge in [0.2, 0.25) is 0 Å². The second-order valence-corrected chi connectivity index (χ2v) is 5.73. The molecule has 0 unspecified atom stereocenters. The molecule has 0 fully saturated rings. The third kappa shape index (κ3) is 2.18. The molecule has 10 nitrogen and oxygen atoms in total. The van der Waals surface area contributed by atoms with E-state index in [4.69, 9.17) is 11.5 Å². The minimum absolute atomic E-state index is 0.0501. The van der Waals surface area contributed by atoms with Gasteiger partial charge >= 0.3 is 11.4 Å². The Bertz CT molecular complexity index is 984. The van der Waals surface area contributed by atoms with Crippen LogP contribution in [0.5, 0.6) is 0 Å². The summed E-state index contributed by atoms with van der Waals surface area (Å²) in [7, 11) is 5.50. The van der Waals surface area contributed by atoms with Crippen molar-refractivity contribution in [3.05, 3.63) is 52.8 Å². The third-order valence-corrected chi connectivity index (χ3v) is 4.36. The fourth-order valence-electron chi connectivity index (χ4n) is 2.73. The first-order valence-corrected chi connectivity index (χ1v) is 7.13. The summed E-state index contributed by atoms with van der Waals surface area (Å²) < 4.78 is 4.06. The molecule has 2 rings (SSSR count). The van der Waals surface area contributed by atoms with Crippen LogP contribution in [-0.4, -0.2) is 18.3 Å². The number of nitrogen functional groups attached to an aromatic ring is 2. The topological polar surface area (TPSA) is 140 Å². The molecular formula is C14H20N6O4. The summed E-state index contributed by atoms with van der Waals surface area (Å²) in [6.07, 6.45) is 0.